The van der Waals surface area contributed by atoms with Crippen molar-refractivity contribution in [2.24, 2.45) is 0 Å². The summed E-state index contributed by atoms with van der Waals surface area (Å²) in [5.41, 5.74) is 3.25. The number of urea groups is 1. The molecule has 1 heterocycles. The Labute approximate surface area is 135 Å². The van der Waals surface area contributed by atoms with Gasteiger partial charge in [-0.25, -0.2) is 4.79 Å². The van der Waals surface area contributed by atoms with Gasteiger partial charge in [-0.1, -0.05) is 24.3 Å². The van der Waals surface area contributed by atoms with E-state index in [1.54, 1.807) is 4.90 Å². The lowest BCUT2D eigenvalue weighted by Gasteiger charge is -2.17. The molecule has 1 saturated heterocycles. The van der Waals surface area contributed by atoms with Crippen LogP contribution in [0.4, 0.5) is 21.9 Å². The molecule has 0 aliphatic carbocycles. The van der Waals surface area contributed by atoms with E-state index in [-0.39, 0.29) is 11.9 Å². The van der Waals surface area contributed by atoms with Crippen molar-refractivity contribution in [2.75, 3.05) is 22.1 Å². The van der Waals surface area contributed by atoms with Crippen LogP contribution in [0, 0.1) is 6.92 Å². The van der Waals surface area contributed by atoms with Crippen molar-refractivity contribution in [1.29, 1.82) is 0 Å². The molecule has 118 valence electrons. The van der Waals surface area contributed by atoms with Crippen molar-refractivity contribution >= 4 is 29.0 Å². The molecule has 2 N–H and O–H groups in total. The van der Waals surface area contributed by atoms with E-state index in [0.29, 0.717) is 12.1 Å². The van der Waals surface area contributed by atoms with Crippen LogP contribution in [0.15, 0.2) is 48.5 Å². The smallest absolute Gasteiger partial charge is 0.312 e. The molecule has 5 nitrogen and oxygen atoms in total. The molecule has 1 aliphatic heterocycles. The highest BCUT2D eigenvalue weighted by atomic mass is 16.2. The number of benzene rings is 2. The number of carbonyl (C=O) groups excluding carboxylic acids is 2. The fourth-order valence-corrected chi connectivity index (χ4v) is 2.67. The number of amides is 3. The number of para-hydroxylation sites is 1. The summed E-state index contributed by atoms with van der Waals surface area (Å²) in [6.07, 6.45) is 1.47. The third kappa shape index (κ3) is 3.51. The predicted octanol–water partition coefficient (Wildman–Crippen LogP) is 3.77. The normalized spacial score (nSPS) is 14.0. The highest BCUT2D eigenvalue weighted by Crippen LogP contribution is 2.24. The lowest BCUT2D eigenvalue weighted by atomic mass is 10.2. The van der Waals surface area contributed by atoms with Gasteiger partial charge in [0.2, 0.25) is 5.91 Å². The van der Waals surface area contributed by atoms with Crippen LogP contribution >= 0.6 is 0 Å². The minimum atomic E-state index is -0.302. The molecule has 1 fully saturated rings. The fraction of sp³-hybridized carbons (Fsp3) is 0.222. The summed E-state index contributed by atoms with van der Waals surface area (Å²) >= 11 is 0. The maximum atomic E-state index is 12.1. The number of nitrogens with zero attached hydrogens (tertiary/aromatic N) is 1. The molecule has 1 aliphatic rings. The molecule has 2 aromatic rings. The van der Waals surface area contributed by atoms with Gasteiger partial charge in [-0.3, -0.25) is 4.79 Å². The SMILES string of the molecule is Cc1ccccc1NC(=O)Nc1cccc(N2CCCC2=O)c1. The van der Waals surface area contributed by atoms with Gasteiger partial charge in [0.1, 0.15) is 0 Å². The molecule has 5 heteroatoms. The molecule has 0 aromatic heterocycles. The molecule has 2 aromatic carbocycles. The fourth-order valence-electron chi connectivity index (χ4n) is 2.67. The van der Waals surface area contributed by atoms with Gasteiger partial charge in [-0.05, 0) is 43.2 Å². The number of aryl methyl sites for hydroxylation is 1. The van der Waals surface area contributed by atoms with Crippen LogP contribution < -0.4 is 15.5 Å². The van der Waals surface area contributed by atoms with E-state index in [1.165, 1.54) is 0 Å². The predicted molar refractivity (Wildman–Crippen MR) is 91.8 cm³/mol. The summed E-state index contributed by atoms with van der Waals surface area (Å²) < 4.78 is 0. The van der Waals surface area contributed by atoms with Gasteiger partial charge in [0.25, 0.3) is 0 Å². The Morgan fingerprint density at radius 3 is 2.65 bits per heavy atom. The largest absolute Gasteiger partial charge is 0.323 e. The summed E-state index contributed by atoms with van der Waals surface area (Å²) in [7, 11) is 0. The number of nitrogens with one attached hydrogen (secondary N) is 2. The first-order chi connectivity index (χ1) is 11.1. The van der Waals surface area contributed by atoms with Crippen molar-refractivity contribution in [2.45, 2.75) is 19.8 Å². The molecule has 0 unspecified atom stereocenters. The maximum absolute atomic E-state index is 12.1. The van der Waals surface area contributed by atoms with Gasteiger partial charge in [0, 0.05) is 30.0 Å². The Morgan fingerprint density at radius 2 is 1.91 bits per heavy atom. The van der Waals surface area contributed by atoms with E-state index in [2.05, 4.69) is 10.6 Å². The first kappa shape index (κ1) is 15.1. The van der Waals surface area contributed by atoms with Crippen molar-refractivity contribution in [3.8, 4) is 0 Å². The first-order valence-corrected chi connectivity index (χ1v) is 7.67. The van der Waals surface area contributed by atoms with E-state index >= 15 is 0 Å². The second kappa shape index (κ2) is 6.52. The molecule has 3 amide bonds. The van der Waals surface area contributed by atoms with Gasteiger partial charge in [-0.15, -0.1) is 0 Å². The standard InChI is InChI=1S/C18H19N3O2/c1-13-6-2-3-9-16(13)20-18(23)19-14-7-4-8-15(12-14)21-11-5-10-17(21)22/h2-4,6-9,12H,5,10-11H2,1H3,(H2,19,20,23). The number of carbonyl (C=O) groups is 2. The van der Waals surface area contributed by atoms with E-state index in [0.717, 1.165) is 29.9 Å². The summed E-state index contributed by atoms with van der Waals surface area (Å²) in [6.45, 7) is 2.67. The summed E-state index contributed by atoms with van der Waals surface area (Å²) in [6, 6.07) is 14.6. The second-order valence-corrected chi connectivity index (χ2v) is 5.59. The third-order valence-electron chi connectivity index (χ3n) is 3.88. The second-order valence-electron chi connectivity index (χ2n) is 5.59. The number of hydrogen-bond acceptors (Lipinski definition) is 2. The maximum Gasteiger partial charge on any atom is 0.323 e. The van der Waals surface area contributed by atoms with Crippen molar-refractivity contribution in [3.05, 3.63) is 54.1 Å². The summed E-state index contributed by atoms with van der Waals surface area (Å²) in [4.78, 5) is 25.7. The zero-order valence-corrected chi connectivity index (χ0v) is 13.0. The zero-order chi connectivity index (χ0) is 16.2. The van der Waals surface area contributed by atoms with Crippen molar-refractivity contribution in [3.63, 3.8) is 0 Å². The third-order valence-corrected chi connectivity index (χ3v) is 3.88. The lowest BCUT2D eigenvalue weighted by Crippen LogP contribution is -2.24. The van der Waals surface area contributed by atoms with E-state index < -0.39 is 0 Å². The Hall–Kier alpha value is -2.82. The van der Waals surface area contributed by atoms with Crippen LogP contribution in [0.3, 0.4) is 0 Å². The monoisotopic (exact) mass is 309 g/mol. The molecule has 0 spiro atoms. The first-order valence-electron chi connectivity index (χ1n) is 7.67. The van der Waals surface area contributed by atoms with Gasteiger partial charge >= 0.3 is 6.03 Å². The van der Waals surface area contributed by atoms with E-state index in [1.807, 2.05) is 55.5 Å². The minimum Gasteiger partial charge on any atom is -0.312 e. The molecule has 3 rings (SSSR count). The van der Waals surface area contributed by atoms with E-state index in [4.69, 9.17) is 0 Å². The van der Waals surface area contributed by atoms with Crippen LogP contribution in [0.25, 0.3) is 0 Å². The molecule has 0 bridgehead atoms. The van der Waals surface area contributed by atoms with Crippen LogP contribution in [-0.2, 0) is 4.79 Å². The van der Waals surface area contributed by atoms with Crippen LogP contribution in [0.2, 0.25) is 0 Å². The number of anilines is 3. The Bertz CT molecular complexity index is 743. The average molecular weight is 309 g/mol. The topological polar surface area (TPSA) is 61.4 Å². The Morgan fingerprint density at radius 1 is 1.09 bits per heavy atom. The highest BCUT2D eigenvalue weighted by Gasteiger charge is 2.21. The highest BCUT2D eigenvalue weighted by molar-refractivity contribution is 6.01. The lowest BCUT2D eigenvalue weighted by molar-refractivity contribution is -0.117. The molecule has 0 radical (unpaired) electrons. The van der Waals surface area contributed by atoms with E-state index in [9.17, 15) is 9.59 Å². The minimum absolute atomic E-state index is 0.131. The van der Waals surface area contributed by atoms with Crippen LogP contribution in [-0.4, -0.2) is 18.5 Å². The van der Waals surface area contributed by atoms with Gasteiger partial charge < -0.3 is 15.5 Å². The molecular formula is C18H19N3O2. The van der Waals surface area contributed by atoms with Gasteiger partial charge in [-0.2, -0.15) is 0 Å². The summed E-state index contributed by atoms with van der Waals surface area (Å²) in [5.74, 6) is 0.131. The molecule has 0 saturated carbocycles. The quantitative estimate of drug-likeness (QED) is 0.906. The number of hydrogen-bond donors (Lipinski definition) is 2. The van der Waals surface area contributed by atoms with Crippen LogP contribution in [0.1, 0.15) is 18.4 Å². The summed E-state index contributed by atoms with van der Waals surface area (Å²) in [5, 5.41) is 5.63. The van der Waals surface area contributed by atoms with Gasteiger partial charge in [0.05, 0.1) is 0 Å². The van der Waals surface area contributed by atoms with Crippen molar-refractivity contribution < 1.29 is 9.59 Å². The van der Waals surface area contributed by atoms with Crippen molar-refractivity contribution in [1.82, 2.24) is 0 Å². The van der Waals surface area contributed by atoms with Crippen LogP contribution in [0.5, 0.6) is 0 Å². The number of rotatable bonds is 3. The average Bonchev–Trinajstić information content (AvgIpc) is 2.96. The molecule has 23 heavy (non-hydrogen) atoms. The Balaban J connectivity index is 1.69. The Kier molecular flexibility index (Phi) is 4.28. The molecule has 0 atom stereocenters. The van der Waals surface area contributed by atoms with Gasteiger partial charge in [0.15, 0.2) is 0 Å². The zero-order valence-electron chi connectivity index (χ0n) is 13.0. The molecular weight excluding hydrogens is 290 g/mol.